The summed E-state index contributed by atoms with van der Waals surface area (Å²) in [5, 5.41) is 4.44. The number of carbonyl (C=O) groups is 2. The summed E-state index contributed by atoms with van der Waals surface area (Å²) in [4.78, 5) is 31.4. The zero-order valence-electron chi connectivity index (χ0n) is 21.3. The van der Waals surface area contributed by atoms with Gasteiger partial charge in [-0.3, -0.25) is 4.79 Å². The molecule has 38 heavy (non-hydrogen) atoms. The van der Waals surface area contributed by atoms with E-state index in [1.807, 2.05) is 48.7 Å². The summed E-state index contributed by atoms with van der Waals surface area (Å²) in [6, 6.07) is 15.6. The highest BCUT2D eigenvalue weighted by Crippen LogP contribution is 2.35. The number of hydrogen-bond acceptors (Lipinski definition) is 3. The van der Waals surface area contributed by atoms with Crippen molar-refractivity contribution in [2.45, 2.75) is 64.3 Å². The number of benzene rings is 2. The number of aryl methyl sites for hydroxylation is 1. The molecule has 1 aromatic heterocycles. The first-order valence-electron chi connectivity index (χ1n) is 12.8. The van der Waals surface area contributed by atoms with Gasteiger partial charge in [0.25, 0.3) is 0 Å². The molecule has 1 saturated carbocycles. The van der Waals surface area contributed by atoms with Crippen LogP contribution in [0, 0.1) is 6.92 Å². The molecule has 3 amide bonds. The molecule has 0 unspecified atom stereocenters. The second-order valence-corrected chi connectivity index (χ2v) is 10.7. The van der Waals surface area contributed by atoms with Gasteiger partial charge >= 0.3 is 12.2 Å². The minimum Gasteiger partial charge on any atom is -0.332 e. The molecule has 0 saturated heterocycles. The standard InChI is InChI=1S/C29H32F3N3O2S/c1-21-16-17-38-26(21)19-34(18-22-10-4-2-5-11-22)27(36)20-35(23-12-6-3-7-13-23)28(37)33-25-15-9-8-14-24(25)29(30,31)32/h2,4-5,8-11,14-17,23H,3,6-7,12-13,18-20H2,1H3,(H,33,37). The third-order valence-electron chi connectivity index (χ3n) is 6.93. The highest BCUT2D eigenvalue weighted by molar-refractivity contribution is 7.10. The third-order valence-corrected chi connectivity index (χ3v) is 7.94. The summed E-state index contributed by atoms with van der Waals surface area (Å²) in [5.41, 5.74) is 0.824. The van der Waals surface area contributed by atoms with Crippen LogP contribution >= 0.6 is 11.3 Å². The molecule has 202 valence electrons. The van der Waals surface area contributed by atoms with E-state index in [9.17, 15) is 22.8 Å². The van der Waals surface area contributed by atoms with Gasteiger partial charge in [-0.2, -0.15) is 13.2 Å². The Morgan fingerprint density at radius 3 is 2.29 bits per heavy atom. The van der Waals surface area contributed by atoms with Gasteiger partial charge in [-0.15, -0.1) is 11.3 Å². The Morgan fingerprint density at radius 1 is 0.947 bits per heavy atom. The number of alkyl halides is 3. The van der Waals surface area contributed by atoms with Gasteiger partial charge in [0.05, 0.1) is 17.8 Å². The number of rotatable bonds is 8. The van der Waals surface area contributed by atoms with E-state index < -0.39 is 17.8 Å². The van der Waals surface area contributed by atoms with Crippen molar-refractivity contribution in [3.05, 3.63) is 87.6 Å². The van der Waals surface area contributed by atoms with E-state index in [0.29, 0.717) is 25.9 Å². The fraction of sp³-hybridized carbons (Fsp3) is 0.379. The molecule has 1 heterocycles. The summed E-state index contributed by atoms with van der Waals surface area (Å²) in [5.74, 6) is -0.244. The van der Waals surface area contributed by atoms with Gasteiger partial charge in [0, 0.05) is 17.5 Å². The summed E-state index contributed by atoms with van der Waals surface area (Å²) in [6.07, 6.45) is -0.336. The molecule has 0 atom stereocenters. The molecule has 1 fully saturated rings. The van der Waals surface area contributed by atoms with Crippen LogP contribution in [0.1, 0.15) is 53.7 Å². The first-order valence-corrected chi connectivity index (χ1v) is 13.7. The topological polar surface area (TPSA) is 52.7 Å². The average molecular weight is 544 g/mol. The number of hydrogen-bond donors (Lipinski definition) is 1. The van der Waals surface area contributed by atoms with Crippen LogP contribution in [0.25, 0.3) is 0 Å². The van der Waals surface area contributed by atoms with Crippen LogP contribution in [0.5, 0.6) is 0 Å². The highest BCUT2D eigenvalue weighted by Gasteiger charge is 2.35. The maximum absolute atomic E-state index is 13.8. The predicted molar refractivity (Wildman–Crippen MR) is 144 cm³/mol. The van der Waals surface area contributed by atoms with Crippen LogP contribution in [0.2, 0.25) is 0 Å². The molecular formula is C29H32F3N3O2S. The summed E-state index contributed by atoms with van der Waals surface area (Å²) >= 11 is 1.57. The number of amides is 3. The number of anilines is 1. The van der Waals surface area contributed by atoms with Crippen LogP contribution in [0.15, 0.2) is 66.0 Å². The Labute approximate surface area is 225 Å². The van der Waals surface area contributed by atoms with Crippen molar-refractivity contribution < 1.29 is 22.8 Å². The van der Waals surface area contributed by atoms with Crippen molar-refractivity contribution in [2.24, 2.45) is 0 Å². The first-order chi connectivity index (χ1) is 18.2. The van der Waals surface area contributed by atoms with Gasteiger partial charge < -0.3 is 15.1 Å². The molecule has 2 aromatic carbocycles. The molecule has 0 aliphatic heterocycles. The van der Waals surface area contributed by atoms with Gasteiger partial charge in [0.1, 0.15) is 6.54 Å². The van der Waals surface area contributed by atoms with Crippen LogP contribution in [-0.4, -0.2) is 34.3 Å². The van der Waals surface area contributed by atoms with Crippen molar-refractivity contribution in [1.82, 2.24) is 9.80 Å². The Balaban J connectivity index is 1.58. The molecule has 1 aliphatic rings. The fourth-order valence-electron chi connectivity index (χ4n) is 4.81. The van der Waals surface area contributed by atoms with Gasteiger partial charge in [-0.25, -0.2) is 4.79 Å². The van der Waals surface area contributed by atoms with Crippen LogP contribution in [0.3, 0.4) is 0 Å². The number of urea groups is 1. The molecular weight excluding hydrogens is 511 g/mol. The number of halogens is 3. The Bertz CT molecular complexity index is 1220. The summed E-state index contributed by atoms with van der Waals surface area (Å²) in [6.45, 7) is 2.56. The van der Waals surface area contributed by atoms with Crippen LogP contribution in [0.4, 0.5) is 23.7 Å². The second kappa shape index (κ2) is 12.5. The summed E-state index contributed by atoms with van der Waals surface area (Å²) < 4.78 is 40.7. The highest BCUT2D eigenvalue weighted by atomic mass is 32.1. The van der Waals surface area contributed by atoms with Crippen molar-refractivity contribution in [2.75, 3.05) is 11.9 Å². The van der Waals surface area contributed by atoms with E-state index in [2.05, 4.69) is 5.32 Å². The molecule has 1 N–H and O–H groups in total. The van der Waals surface area contributed by atoms with Gasteiger partial charge in [0.2, 0.25) is 5.91 Å². The fourth-order valence-corrected chi connectivity index (χ4v) is 5.73. The maximum atomic E-state index is 13.8. The zero-order valence-corrected chi connectivity index (χ0v) is 22.2. The van der Waals surface area contributed by atoms with Crippen LogP contribution < -0.4 is 5.32 Å². The monoisotopic (exact) mass is 543 g/mol. The zero-order chi connectivity index (χ0) is 27.1. The predicted octanol–water partition coefficient (Wildman–Crippen LogP) is 7.47. The number of nitrogens with zero attached hydrogens (tertiary/aromatic N) is 2. The lowest BCUT2D eigenvalue weighted by Crippen LogP contribution is -2.49. The molecule has 0 bridgehead atoms. The van der Waals surface area contributed by atoms with E-state index in [0.717, 1.165) is 41.3 Å². The number of nitrogens with one attached hydrogen (secondary N) is 1. The van der Waals surface area contributed by atoms with Gasteiger partial charge in [-0.1, -0.05) is 61.7 Å². The average Bonchev–Trinajstić information content (AvgIpc) is 3.31. The molecule has 0 radical (unpaired) electrons. The largest absolute Gasteiger partial charge is 0.418 e. The van der Waals surface area contributed by atoms with Crippen molar-refractivity contribution >= 4 is 29.0 Å². The Kier molecular flexibility index (Phi) is 9.09. The quantitative estimate of drug-likeness (QED) is 0.320. The second-order valence-electron chi connectivity index (χ2n) is 9.66. The SMILES string of the molecule is Cc1ccsc1CN(Cc1ccccc1)C(=O)CN(C(=O)Nc1ccccc1C(F)(F)F)C1CCCCC1. The minimum atomic E-state index is -4.61. The molecule has 0 spiro atoms. The van der Waals surface area contributed by atoms with E-state index in [4.69, 9.17) is 0 Å². The van der Waals surface area contributed by atoms with Crippen molar-refractivity contribution in [1.29, 1.82) is 0 Å². The van der Waals surface area contributed by atoms with Gasteiger partial charge in [0.15, 0.2) is 0 Å². The maximum Gasteiger partial charge on any atom is 0.418 e. The lowest BCUT2D eigenvalue weighted by Gasteiger charge is -2.35. The lowest BCUT2D eigenvalue weighted by atomic mass is 9.94. The van der Waals surface area contributed by atoms with E-state index >= 15 is 0 Å². The molecule has 9 heteroatoms. The van der Waals surface area contributed by atoms with E-state index in [-0.39, 0.29) is 24.2 Å². The smallest absolute Gasteiger partial charge is 0.332 e. The number of carbonyl (C=O) groups excluding carboxylic acids is 2. The summed E-state index contributed by atoms with van der Waals surface area (Å²) in [7, 11) is 0. The van der Waals surface area contributed by atoms with E-state index in [1.54, 1.807) is 16.2 Å². The number of thiophene rings is 1. The molecule has 5 nitrogen and oxygen atoms in total. The Hall–Kier alpha value is -3.33. The normalized spacial score (nSPS) is 14.2. The number of para-hydroxylation sites is 1. The van der Waals surface area contributed by atoms with Crippen molar-refractivity contribution in [3.8, 4) is 0 Å². The van der Waals surface area contributed by atoms with Gasteiger partial charge in [-0.05, 0) is 54.5 Å². The molecule has 3 aromatic rings. The van der Waals surface area contributed by atoms with E-state index in [1.165, 1.54) is 23.1 Å². The third kappa shape index (κ3) is 7.16. The molecule has 1 aliphatic carbocycles. The first kappa shape index (κ1) is 27.7. The van der Waals surface area contributed by atoms with Crippen molar-refractivity contribution in [3.63, 3.8) is 0 Å². The Morgan fingerprint density at radius 2 is 1.63 bits per heavy atom. The minimum absolute atomic E-state index is 0.206. The lowest BCUT2D eigenvalue weighted by molar-refractivity contribution is -0.137. The van der Waals surface area contributed by atoms with Crippen LogP contribution in [-0.2, 0) is 24.1 Å². The molecule has 4 rings (SSSR count).